The van der Waals surface area contributed by atoms with Crippen LogP contribution in [0.3, 0.4) is 0 Å². The van der Waals surface area contributed by atoms with Crippen molar-refractivity contribution in [1.82, 2.24) is 20.1 Å². The number of aromatic nitrogens is 4. The van der Waals surface area contributed by atoms with Gasteiger partial charge in [0.05, 0.1) is 6.54 Å². The molecular formula is C24H23FN6O3. The predicted octanol–water partition coefficient (Wildman–Crippen LogP) is 4.55. The van der Waals surface area contributed by atoms with Crippen LogP contribution in [0.5, 0.6) is 0 Å². The van der Waals surface area contributed by atoms with Crippen molar-refractivity contribution in [2.75, 3.05) is 23.3 Å². The summed E-state index contributed by atoms with van der Waals surface area (Å²) in [5.74, 6) is 0.835. The normalized spacial score (nSPS) is 22.4. The van der Waals surface area contributed by atoms with Gasteiger partial charge in [-0.15, -0.1) is 0 Å². The Labute approximate surface area is 194 Å². The molecule has 6 rings (SSSR count). The SMILES string of the molecule is O=C1O[C@]2(CC[C@H](CNc3ccn(-c4ccccc4F)n3)CC2)CN1c1ccc2nonc2c1. The molecule has 0 bridgehead atoms. The van der Waals surface area contributed by atoms with Gasteiger partial charge in [0, 0.05) is 24.5 Å². The molecule has 1 N–H and O–H groups in total. The fourth-order valence-electron chi connectivity index (χ4n) is 4.87. The zero-order chi connectivity index (χ0) is 23.1. The number of fused-ring (bicyclic) bond motifs is 1. The highest BCUT2D eigenvalue weighted by atomic mass is 19.1. The van der Waals surface area contributed by atoms with Crippen molar-refractivity contribution in [2.24, 2.45) is 5.92 Å². The zero-order valence-corrected chi connectivity index (χ0v) is 18.4. The average molecular weight is 462 g/mol. The minimum atomic E-state index is -0.461. The van der Waals surface area contributed by atoms with Crippen molar-refractivity contribution in [2.45, 2.75) is 31.3 Å². The Morgan fingerprint density at radius 2 is 1.91 bits per heavy atom. The van der Waals surface area contributed by atoms with E-state index in [1.807, 2.05) is 12.1 Å². The number of carbonyl (C=O) groups excluding carboxylic acids is 1. The van der Waals surface area contributed by atoms with Gasteiger partial charge in [-0.3, -0.25) is 4.90 Å². The van der Waals surface area contributed by atoms with Gasteiger partial charge < -0.3 is 10.1 Å². The van der Waals surface area contributed by atoms with Crippen LogP contribution >= 0.6 is 0 Å². The summed E-state index contributed by atoms with van der Waals surface area (Å²) in [4.78, 5) is 14.3. The molecule has 0 radical (unpaired) electrons. The third-order valence-electron chi connectivity index (χ3n) is 6.80. The van der Waals surface area contributed by atoms with Crippen LogP contribution in [-0.4, -0.2) is 44.9 Å². The smallest absolute Gasteiger partial charge is 0.415 e. The van der Waals surface area contributed by atoms with E-state index in [4.69, 9.17) is 9.37 Å². The first-order valence-corrected chi connectivity index (χ1v) is 11.4. The maximum Gasteiger partial charge on any atom is 0.415 e. The summed E-state index contributed by atoms with van der Waals surface area (Å²) in [6, 6.07) is 13.8. The van der Waals surface area contributed by atoms with Crippen LogP contribution in [-0.2, 0) is 4.74 Å². The highest BCUT2D eigenvalue weighted by Gasteiger charge is 2.47. The second kappa shape index (κ2) is 8.12. The van der Waals surface area contributed by atoms with Crippen LogP contribution < -0.4 is 10.2 Å². The third kappa shape index (κ3) is 3.74. The van der Waals surface area contributed by atoms with E-state index >= 15 is 0 Å². The van der Waals surface area contributed by atoms with Crippen LogP contribution in [0, 0.1) is 11.7 Å². The first kappa shape index (κ1) is 20.6. The molecule has 1 aliphatic heterocycles. The summed E-state index contributed by atoms with van der Waals surface area (Å²) in [7, 11) is 0. The molecule has 174 valence electrons. The second-order valence-electron chi connectivity index (χ2n) is 9.00. The number of benzene rings is 2. The molecule has 34 heavy (non-hydrogen) atoms. The molecule has 1 spiro atoms. The topological polar surface area (TPSA) is 98.3 Å². The molecule has 9 nitrogen and oxygen atoms in total. The summed E-state index contributed by atoms with van der Waals surface area (Å²) in [5, 5.41) is 15.5. The van der Waals surface area contributed by atoms with Crippen LogP contribution in [0.4, 0.5) is 20.7 Å². The van der Waals surface area contributed by atoms with E-state index in [1.165, 1.54) is 10.7 Å². The number of carbonyl (C=O) groups is 1. The van der Waals surface area contributed by atoms with Gasteiger partial charge in [-0.25, -0.2) is 18.5 Å². The molecule has 1 amide bonds. The van der Waals surface area contributed by atoms with Crippen molar-refractivity contribution in [3.63, 3.8) is 0 Å². The molecule has 1 saturated carbocycles. The number of halogens is 1. The van der Waals surface area contributed by atoms with Gasteiger partial charge in [0.2, 0.25) is 0 Å². The molecule has 0 atom stereocenters. The second-order valence-corrected chi connectivity index (χ2v) is 9.00. The number of hydrogen-bond donors (Lipinski definition) is 1. The number of nitrogens with one attached hydrogen (secondary N) is 1. The number of anilines is 2. The Morgan fingerprint density at radius 1 is 1.09 bits per heavy atom. The van der Waals surface area contributed by atoms with Crippen molar-refractivity contribution < 1.29 is 18.6 Å². The minimum absolute atomic E-state index is 0.313. The number of hydrogen-bond acceptors (Lipinski definition) is 7. The minimum Gasteiger partial charge on any atom is -0.441 e. The van der Waals surface area contributed by atoms with E-state index in [-0.39, 0.29) is 11.9 Å². The molecule has 2 aliphatic rings. The van der Waals surface area contributed by atoms with Gasteiger partial charge in [-0.2, -0.15) is 5.10 Å². The largest absolute Gasteiger partial charge is 0.441 e. The molecular weight excluding hydrogens is 439 g/mol. The third-order valence-corrected chi connectivity index (χ3v) is 6.80. The Hall–Kier alpha value is -3.95. The van der Waals surface area contributed by atoms with Gasteiger partial charge in [0.25, 0.3) is 0 Å². The van der Waals surface area contributed by atoms with Crippen molar-refractivity contribution in [3.05, 3.63) is 60.5 Å². The lowest BCUT2D eigenvalue weighted by Gasteiger charge is -2.35. The van der Waals surface area contributed by atoms with Gasteiger partial charge in [-0.05, 0) is 72.2 Å². The Morgan fingerprint density at radius 3 is 2.76 bits per heavy atom. The molecule has 0 unspecified atom stereocenters. The Bertz CT molecular complexity index is 1340. The fourth-order valence-corrected chi connectivity index (χ4v) is 4.87. The number of ether oxygens (including phenoxy) is 1. The van der Waals surface area contributed by atoms with Gasteiger partial charge in [0.15, 0.2) is 0 Å². The lowest BCUT2D eigenvalue weighted by atomic mass is 9.78. The highest BCUT2D eigenvalue weighted by molar-refractivity contribution is 5.92. The molecule has 3 heterocycles. The zero-order valence-electron chi connectivity index (χ0n) is 18.4. The van der Waals surface area contributed by atoms with Crippen LogP contribution in [0.15, 0.2) is 59.4 Å². The number of amides is 1. The van der Waals surface area contributed by atoms with Crippen molar-refractivity contribution >= 4 is 28.6 Å². The number of para-hydroxylation sites is 1. The average Bonchev–Trinajstić information content (AvgIpc) is 3.58. The fraction of sp³-hybridized carbons (Fsp3) is 0.333. The Balaban J connectivity index is 1.05. The maximum absolute atomic E-state index is 14.0. The van der Waals surface area contributed by atoms with Gasteiger partial charge >= 0.3 is 6.09 Å². The van der Waals surface area contributed by atoms with E-state index in [0.29, 0.717) is 35.0 Å². The highest BCUT2D eigenvalue weighted by Crippen LogP contribution is 2.41. The van der Waals surface area contributed by atoms with Gasteiger partial charge in [-0.1, -0.05) is 12.1 Å². The molecule has 1 aliphatic carbocycles. The monoisotopic (exact) mass is 462 g/mol. The quantitative estimate of drug-likeness (QED) is 0.465. The van der Waals surface area contributed by atoms with Gasteiger partial charge in [0.1, 0.15) is 34.0 Å². The Kier molecular flexibility index (Phi) is 4.93. The van der Waals surface area contributed by atoms with E-state index in [1.54, 1.807) is 41.4 Å². The standard InChI is InChI=1S/C24H23FN6O3/c25-18-3-1-2-4-21(18)31-12-9-22(27-31)26-14-16-7-10-24(11-8-16)15-30(23(32)33-24)17-5-6-19-20(13-17)29-34-28-19/h1-6,9,12-13,16H,7-8,10-11,14-15H2,(H,26,27)/t16-,24-. The summed E-state index contributed by atoms with van der Waals surface area (Å²) in [6.45, 7) is 1.29. The first-order valence-electron chi connectivity index (χ1n) is 11.4. The number of nitrogens with zero attached hydrogens (tertiary/aromatic N) is 5. The predicted molar refractivity (Wildman–Crippen MR) is 122 cm³/mol. The van der Waals surface area contributed by atoms with Crippen molar-refractivity contribution in [1.29, 1.82) is 0 Å². The number of rotatable bonds is 5. The van der Waals surface area contributed by atoms with Crippen LogP contribution in [0.25, 0.3) is 16.7 Å². The lowest BCUT2D eigenvalue weighted by Crippen LogP contribution is -2.39. The molecule has 10 heteroatoms. The van der Waals surface area contributed by atoms with Crippen molar-refractivity contribution in [3.8, 4) is 5.69 Å². The summed E-state index contributed by atoms with van der Waals surface area (Å²) >= 11 is 0. The summed E-state index contributed by atoms with van der Waals surface area (Å²) in [5.41, 5.74) is 1.95. The maximum atomic E-state index is 14.0. The summed E-state index contributed by atoms with van der Waals surface area (Å²) in [6.07, 6.45) is 4.90. The van der Waals surface area contributed by atoms with Crippen LogP contribution in [0.1, 0.15) is 25.7 Å². The van der Waals surface area contributed by atoms with Crippen LogP contribution in [0.2, 0.25) is 0 Å². The molecule has 2 fully saturated rings. The molecule has 4 aromatic rings. The molecule has 2 aromatic carbocycles. The molecule has 1 saturated heterocycles. The first-order chi connectivity index (χ1) is 16.6. The summed E-state index contributed by atoms with van der Waals surface area (Å²) < 4.78 is 26.2. The van der Waals surface area contributed by atoms with E-state index < -0.39 is 5.60 Å². The van der Waals surface area contributed by atoms with E-state index in [9.17, 15) is 9.18 Å². The van der Waals surface area contributed by atoms with E-state index in [2.05, 4.69) is 20.7 Å². The van der Waals surface area contributed by atoms with E-state index in [0.717, 1.165) is 37.9 Å². The molecule has 2 aromatic heterocycles. The lowest BCUT2D eigenvalue weighted by molar-refractivity contribution is 0.0148.